The first-order valence-electron chi connectivity index (χ1n) is 13.0. The molecule has 36 heavy (non-hydrogen) atoms. The third kappa shape index (κ3) is 5.82. The Kier molecular flexibility index (Phi) is 8.04. The van der Waals surface area contributed by atoms with Crippen LogP contribution in [0, 0.1) is 17.7 Å². The van der Waals surface area contributed by atoms with E-state index in [9.17, 15) is 9.18 Å². The number of rotatable bonds is 6. The fourth-order valence-corrected chi connectivity index (χ4v) is 5.83. The second-order valence-electron chi connectivity index (χ2n) is 9.86. The van der Waals surface area contributed by atoms with Crippen molar-refractivity contribution >= 4 is 5.91 Å². The van der Waals surface area contributed by atoms with Crippen molar-refractivity contribution in [1.82, 2.24) is 15.2 Å². The van der Waals surface area contributed by atoms with Gasteiger partial charge in [0, 0.05) is 37.4 Å². The minimum absolute atomic E-state index is 0.0599. The zero-order chi connectivity index (χ0) is 24.7. The fourth-order valence-electron chi connectivity index (χ4n) is 5.83. The van der Waals surface area contributed by atoms with Crippen LogP contribution >= 0.6 is 0 Å². The average molecular weight is 488 g/mol. The largest absolute Gasteiger partial charge is 0.379 e. The van der Waals surface area contributed by atoms with E-state index in [0.717, 1.165) is 63.1 Å². The molecule has 0 bridgehead atoms. The first kappa shape index (κ1) is 24.6. The number of nitrogens with one attached hydrogen (secondary N) is 1. The molecule has 0 radical (unpaired) electrons. The third-order valence-corrected chi connectivity index (χ3v) is 7.75. The maximum atomic E-state index is 13.9. The van der Waals surface area contributed by atoms with Gasteiger partial charge < -0.3 is 10.1 Å². The molecule has 5 rings (SSSR count). The number of benzene rings is 1. The molecule has 1 aliphatic heterocycles. The van der Waals surface area contributed by atoms with E-state index in [1.807, 2.05) is 12.1 Å². The summed E-state index contributed by atoms with van der Waals surface area (Å²) in [6, 6.07) is 10.3. The summed E-state index contributed by atoms with van der Waals surface area (Å²) < 4.78 is 19.2. The number of ether oxygens (including phenoxy) is 1. The molecule has 4 unspecified atom stereocenters. The van der Waals surface area contributed by atoms with Gasteiger partial charge in [-0.2, -0.15) is 0 Å². The lowest BCUT2D eigenvalue weighted by Crippen LogP contribution is -2.49. The monoisotopic (exact) mass is 487 g/mol. The van der Waals surface area contributed by atoms with Crippen molar-refractivity contribution in [3.63, 3.8) is 0 Å². The molecule has 1 amide bonds. The Balaban J connectivity index is 1.40. The van der Waals surface area contributed by atoms with Gasteiger partial charge in [0.05, 0.1) is 19.3 Å². The molecule has 0 spiro atoms. The Morgan fingerprint density at radius 1 is 1.00 bits per heavy atom. The number of allylic oxidation sites excluding steroid dienone is 6. The topological polar surface area (TPSA) is 54.5 Å². The standard InChI is InChI=1S/C30H34FN3O2/c31-25-9-7-23(8-10-25)29(24-13-15-32-16-14-24)33-30(35)27-12-11-26(34-17-19-36-20-18-34)21-28(27)22-5-3-1-2-4-6-22/h1-5,7-10,13-16,26-29H,6,11-12,17-21H2,(H,33,35). The molecule has 1 N–H and O–H groups in total. The Morgan fingerprint density at radius 2 is 1.75 bits per heavy atom. The molecule has 2 heterocycles. The van der Waals surface area contributed by atoms with E-state index in [1.54, 1.807) is 24.5 Å². The second kappa shape index (κ2) is 11.8. The Morgan fingerprint density at radius 3 is 2.53 bits per heavy atom. The molecule has 2 aromatic rings. The van der Waals surface area contributed by atoms with Crippen LogP contribution < -0.4 is 5.32 Å². The van der Waals surface area contributed by atoms with Crippen LogP contribution in [0.5, 0.6) is 0 Å². The molecular formula is C30H34FN3O2. The van der Waals surface area contributed by atoms with E-state index >= 15 is 0 Å². The minimum atomic E-state index is -0.360. The van der Waals surface area contributed by atoms with Gasteiger partial charge in [0.25, 0.3) is 0 Å². The van der Waals surface area contributed by atoms with Gasteiger partial charge in [-0.15, -0.1) is 0 Å². The summed E-state index contributed by atoms with van der Waals surface area (Å²) in [6.07, 6.45) is 17.7. The molecule has 4 atom stereocenters. The second-order valence-corrected chi connectivity index (χ2v) is 9.86. The minimum Gasteiger partial charge on any atom is -0.379 e. The van der Waals surface area contributed by atoms with E-state index in [4.69, 9.17) is 4.74 Å². The van der Waals surface area contributed by atoms with E-state index in [0.29, 0.717) is 6.04 Å². The van der Waals surface area contributed by atoms with Gasteiger partial charge in [-0.3, -0.25) is 14.7 Å². The summed E-state index contributed by atoms with van der Waals surface area (Å²) in [5.41, 5.74) is 3.11. The SMILES string of the molecule is O=C(NC(c1ccncc1)c1ccc(F)cc1)C1CCC(N2CCOCC2)CC1C1=CC=CC=CC1. The molecule has 3 aliphatic rings. The van der Waals surface area contributed by atoms with Crippen molar-refractivity contribution in [3.8, 4) is 0 Å². The van der Waals surface area contributed by atoms with Crippen LogP contribution in [0.2, 0.25) is 0 Å². The number of hydrogen-bond donors (Lipinski definition) is 1. The maximum Gasteiger partial charge on any atom is 0.224 e. The summed E-state index contributed by atoms with van der Waals surface area (Å²) in [7, 11) is 0. The van der Waals surface area contributed by atoms with Crippen LogP contribution in [0.4, 0.5) is 4.39 Å². The summed E-state index contributed by atoms with van der Waals surface area (Å²) in [4.78, 5) is 20.6. The fraction of sp³-hybridized carbons (Fsp3) is 0.400. The quantitative estimate of drug-likeness (QED) is 0.624. The normalized spacial score (nSPS) is 25.6. The van der Waals surface area contributed by atoms with Gasteiger partial charge >= 0.3 is 0 Å². The number of nitrogens with zero attached hydrogens (tertiary/aromatic N) is 2. The molecule has 188 valence electrons. The lowest BCUT2D eigenvalue weighted by atomic mass is 9.71. The van der Waals surface area contributed by atoms with Crippen LogP contribution in [0.1, 0.15) is 42.9 Å². The highest BCUT2D eigenvalue weighted by atomic mass is 19.1. The third-order valence-electron chi connectivity index (χ3n) is 7.75. The van der Waals surface area contributed by atoms with Gasteiger partial charge in [-0.05, 0) is 67.0 Å². The number of halogens is 1. The summed E-state index contributed by atoms with van der Waals surface area (Å²) >= 11 is 0. The molecule has 6 heteroatoms. The highest BCUT2D eigenvalue weighted by molar-refractivity contribution is 5.80. The van der Waals surface area contributed by atoms with Gasteiger partial charge in [-0.1, -0.05) is 48.1 Å². The smallest absolute Gasteiger partial charge is 0.224 e. The van der Waals surface area contributed by atoms with E-state index in [1.165, 1.54) is 17.7 Å². The Labute approximate surface area is 212 Å². The number of carbonyl (C=O) groups is 1. The molecule has 1 aromatic carbocycles. The number of carbonyl (C=O) groups excluding carboxylic acids is 1. The first-order chi connectivity index (χ1) is 17.7. The Hall–Kier alpha value is -3.09. The number of hydrogen-bond acceptors (Lipinski definition) is 4. The maximum absolute atomic E-state index is 13.9. The van der Waals surface area contributed by atoms with Crippen LogP contribution in [0.3, 0.4) is 0 Å². The van der Waals surface area contributed by atoms with Crippen LogP contribution in [-0.4, -0.2) is 48.1 Å². The highest BCUT2D eigenvalue weighted by Crippen LogP contribution is 2.40. The van der Waals surface area contributed by atoms with Crippen molar-refractivity contribution in [2.24, 2.45) is 11.8 Å². The molecule has 1 saturated carbocycles. The zero-order valence-electron chi connectivity index (χ0n) is 20.6. The highest BCUT2D eigenvalue weighted by Gasteiger charge is 2.39. The number of pyridine rings is 1. The summed E-state index contributed by atoms with van der Waals surface area (Å²) in [6.45, 7) is 3.48. The van der Waals surface area contributed by atoms with E-state index < -0.39 is 0 Å². The molecule has 2 aliphatic carbocycles. The zero-order valence-corrected chi connectivity index (χ0v) is 20.6. The average Bonchev–Trinajstić information content (AvgIpc) is 3.23. The van der Waals surface area contributed by atoms with Crippen molar-refractivity contribution in [3.05, 3.63) is 102 Å². The van der Waals surface area contributed by atoms with Crippen molar-refractivity contribution in [1.29, 1.82) is 0 Å². The predicted octanol–water partition coefficient (Wildman–Crippen LogP) is 4.99. The van der Waals surface area contributed by atoms with Gasteiger partial charge in [0.2, 0.25) is 5.91 Å². The van der Waals surface area contributed by atoms with Gasteiger partial charge in [0.15, 0.2) is 0 Å². The van der Waals surface area contributed by atoms with E-state index in [2.05, 4.69) is 45.6 Å². The van der Waals surface area contributed by atoms with Crippen molar-refractivity contribution < 1.29 is 13.9 Å². The van der Waals surface area contributed by atoms with Crippen LogP contribution in [-0.2, 0) is 9.53 Å². The van der Waals surface area contributed by atoms with Crippen molar-refractivity contribution in [2.75, 3.05) is 26.3 Å². The molecule has 5 nitrogen and oxygen atoms in total. The van der Waals surface area contributed by atoms with Gasteiger partial charge in [0.1, 0.15) is 5.82 Å². The van der Waals surface area contributed by atoms with Crippen LogP contribution in [0.15, 0.2) is 84.7 Å². The van der Waals surface area contributed by atoms with Gasteiger partial charge in [-0.25, -0.2) is 4.39 Å². The van der Waals surface area contributed by atoms with E-state index in [-0.39, 0.29) is 29.6 Å². The molecular weight excluding hydrogens is 453 g/mol. The lowest BCUT2D eigenvalue weighted by Gasteiger charge is -2.43. The molecule has 2 fully saturated rings. The summed E-state index contributed by atoms with van der Waals surface area (Å²) in [5.74, 6) is -0.172. The summed E-state index contributed by atoms with van der Waals surface area (Å²) in [5, 5.41) is 3.33. The number of aromatic nitrogens is 1. The number of morpholine rings is 1. The predicted molar refractivity (Wildman–Crippen MR) is 139 cm³/mol. The van der Waals surface area contributed by atoms with Crippen molar-refractivity contribution in [2.45, 2.75) is 37.8 Å². The van der Waals surface area contributed by atoms with Crippen LogP contribution in [0.25, 0.3) is 0 Å². The number of amides is 1. The first-order valence-corrected chi connectivity index (χ1v) is 13.0. The molecule has 1 aromatic heterocycles. The Bertz CT molecular complexity index is 1110. The lowest BCUT2D eigenvalue weighted by molar-refractivity contribution is -0.128. The molecule has 1 saturated heterocycles.